The molecule has 1 aromatic carbocycles. The Bertz CT molecular complexity index is 510. The number of hydrogen-bond acceptors (Lipinski definition) is 2. The Hall–Kier alpha value is -1.55. The molecule has 1 aliphatic heterocycles. The highest BCUT2D eigenvalue weighted by Crippen LogP contribution is 2.32. The number of hydrogen-bond donors (Lipinski definition) is 2. The first kappa shape index (κ1) is 15.3. The summed E-state index contributed by atoms with van der Waals surface area (Å²) in [5.74, 6) is 1.54. The third-order valence-corrected chi connectivity index (χ3v) is 4.90. The Labute approximate surface area is 133 Å². The lowest BCUT2D eigenvalue weighted by Gasteiger charge is -2.35. The predicted octanol–water partition coefficient (Wildman–Crippen LogP) is 2.36. The van der Waals surface area contributed by atoms with E-state index in [2.05, 4.69) is 47.5 Å². The van der Waals surface area contributed by atoms with E-state index in [0.29, 0.717) is 12.5 Å². The topological polar surface area (TPSA) is 47.9 Å². The summed E-state index contributed by atoms with van der Waals surface area (Å²) in [5, 5.41) is 13.6. The fourth-order valence-electron chi connectivity index (χ4n) is 3.34. The number of benzene rings is 1. The molecular weight excluding hydrogens is 274 g/mol. The predicted molar refractivity (Wildman–Crippen MR) is 90.2 cm³/mol. The first-order valence-corrected chi connectivity index (χ1v) is 8.51. The van der Waals surface area contributed by atoms with Crippen molar-refractivity contribution in [2.24, 2.45) is 4.99 Å². The van der Waals surface area contributed by atoms with Gasteiger partial charge in [-0.25, -0.2) is 0 Å². The van der Waals surface area contributed by atoms with Crippen LogP contribution in [0.3, 0.4) is 0 Å². The first-order valence-electron chi connectivity index (χ1n) is 8.51. The van der Waals surface area contributed by atoms with Crippen LogP contribution in [-0.4, -0.2) is 47.7 Å². The van der Waals surface area contributed by atoms with Crippen molar-refractivity contribution in [1.82, 2.24) is 10.2 Å². The summed E-state index contributed by atoms with van der Waals surface area (Å²) in [7, 11) is 0. The lowest BCUT2D eigenvalue weighted by molar-refractivity contribution is -0.0237. The molecule has 120 valence electrons. The minimum Gasteiger partial charge on any atom is -0.388 e. The van der Waals surface area contributed by atoms with Crippen LogP contribution in [0.5, 0.6) is 0 Å². The van der Waals surface area contributed by atoms with E-state index in [-0.39, 0.29) is 0 Å². The zero-order valence-electron chi connectivity index (χ0n) is 13.5. The zero-order chi connectivity index (χ0) is 15.4. The second-order valence-corrected chi connectivity index (χ2v) is 6.59. The van der Waals surface area contributed by atoms with Crippen molar-refractivity contribution in [2.45, 2.75) is 44.1 Å². The fraction of sp³-hybridized carbons (Fsp3) is 0.611. The molecule has 0 spiro atoms. The van der Waals surface area contributed by atoms with Crippen LogP contribution >= 0.6 is 0 Å². The lowest BCUT2D eigenvalue weighted by atomic mass is 9.80. The third kappa shape index (κ3) is 3.43. The Kier molecular flexibility index (Phi) is 4.67. The summed E-state index contributed by atoms with van der Waals surface area (Å²) in [6.45, 7) is 5.53. The average molecular weight is 301 g/mol. The minimum atomic E-state index is -0.542. The van der Waals surface area contributed by atoms with E-state index < -0.39 is 5.60 Å². The number of guanidine groups is 1. The van der Waals surface area contributed by atoms with Crippen LogP contribution in [0, 0.1) is 0 Å². The van der Waals surface area contributed by atoms with Crippen molar-refractivity contribution < 1.29 is 5.11 Å². The number of aliphatic imine (C=N–C) groups is 1. The number of nitrogens with zero attached hydrogens (tertiary/aromatic N) is 2. The maximum absolute atomic E-state index is 10.2. The summed E-state index contributed by atoms with van der Waals surface area (Å²) in [6, 6.07) is 10.7. The van der Waals surface area contributed by atoms with Crippen molar-refractivity contribution >= 4 is 5.96 Å². The van der Waals surface area contributed by atoms with Gasteiger partial charge in [0, 0.05) is 25.6 Å². The minimum absolute atomic E-state index is 0.530. The van der Waals surface area contributed by atoms with Crippen LogP contribution in [0.2, 0.25) is 0 Å². The van der Waals surface area contributed by atoms with Crippen LogP contribution in [-0.2, 0) is 0 Å². The van der Waals surface area contributed by atoms with E-state index in [1.54, 1.807) is 0 Å². The van der Waals surface area contributed by atoms with Crippen LogP contribution in [0.15, 0.2) is 35.3 Å². The molecule has 1 heterocycles. The van der Waals surface area contributed by atoms with Gasteiger partial charge in [-0.1, -0.05) is 30.3 Å². The van der Waals surface area contributed by atoms with Gasteiger partial charge in [0.15, 0.2) is 5.96 Å². The van der Waals surface area contributed by atoms with Crippen LogP contribution < -0.4 is 5.32 Å². The standard InChI is InChI=1S/C18H27N3O/c1-2-19-17(20-14-18(22)10-6-11-18)21-12-9-16(13-21)15-7-4-3-5-8-15/h3-5,7-8,16,22H,2,6,9-14H2,1H3,(H,19,20). The van der Waals surface area contributed by atoms with Crippen LogP contribution in [0.4, 0.5) is 0 Å². The number of rotatable bonds is 4. The van der Waals surface area contributed by atoms with Gasteiger partial charge in [-0.05, 0) is 38.2 Å². The molecule has 0 aromatic heterocycles. The molecule has 1 aliphatic carbocycles. The molecule has 1 unspecified atom stereocenters. The zero-order valence-corrected chi connectivity index (χ0v) is 13.5. The second-order valence-electron chi connectivity index (χ2n) is 6.59. The molecule has 4 nitrogen and oxygen atoms in total. The molecule has 0 radical (unpaired) electrons. The Morgan fingerprint density at radius 1 is 1.36 bits per heavy atom. The maximum atomic E-state index is 10.2. The highest BCUT2D eigenvalue weighted by atomic mass is 16.3. The van der Waals surface area contributed by atoms with E-state index in [9.17, 15) is 5.11 Å². The number of aliphatic hydroxyl groups is 1. The molecular formula is C18H27N3O. The van der Waals surface area contributed by atoms with Gasteiger partial charge < -0.3 is 15.3 Å². The molecule has 0 bridgehead atoms. The van der Waals surface area contributed by atoms with Gasteiger partial charge in [0.25, 0.3) is 0 Å². The van der Waals surface area contributed by atoms with Gasteiger partial charge in [-0.3, -0.25) is 4.99 Å². The highest BCUT2D eigenvalue weighted by molar-refractivity contribution is 5.80. The molecule has 4 heteroatoms. The summed E-state index contributed by atoms with van der Waals surface area (Å²) in [5.41, 5.74) is 0.873. The summed E-state index contributed by atoms with van der Waals surface area (Å²) < 4.78 is 0. The maximum Gasteiger partial charge on any atom is 0.194 e. The van der Waals surface area contributed by atoms with E-state index in [1.165, 1.54) is 12.0 Å². The summed E-state index contributed by atoms with van der Waals surface area (Å²) in [4.78, 5) is 7.04. The van der Waals surface area contributed by atoms with Crippen LogP contribution in [0.1, 0.15) is 44.1 Å². The highest BCUT2D eigenvalue weighted by Gasteiger charge is 2.34. The lowest BCUT2D eigenvalue weighted by Crippen LogP contribution is -2.44. The molecule has 22 heavy (non-hydrogen) atoms. The quantitative estimate of drug-likeness (QED) is 0.663. The smallest absolute Gasteiger partial charge is 0.194 e. The number of nitrogens with one attached hydrogen (secondary N) is 1. The van der Waals surface area contributed by atoms with Crippen molar-refractivity contribution in [3.8, 4) is 0 Å². The Balaban J connectivity index is 1.64. The van der Waals surface area contributed by atoms with Gasteiger partial charge >= 0.3 is 0 Å². The Morgan fingerprint density at radius 3 is 2.77 bits per heavy atom. The van der Waals surface area contributed by atoms with Crippen LogP contribution in [0.25, 0.3) is 0 Å². The molecule has 1 saturated carbocycles. The van der Waals surface area contributed by atoms with Gasteiger partial charge in [0.2, 0.25) is 0 Å². The largest absolute Gasteiger partial charge is 0.388 e. The van der Waals surface area contributed by atoms with Crippen molar-refractivity contribution in [1.29, 1.82) is 0 Å². The first-order chi connectivity index (χ1) is 10.7. The molecule has 1 aromatic rings. The van der Waals surface area contributed by atoms with Gasteiger partial charge in [-0.15, -0.1) is 0 Å². The van der Waals surface area contributed by atoms with E-state index >= 15 is 0 Å². The monoisotopic (exact) mass is 301 g/mol. The normalized spacial score (nSPS) is 24.2. The fourth-order valence-corrected chi connectivity index (χ4v) is 3.34. The summed E-state index contributed by atoms with van der Waals surface area (Å²) in [6.07, 6.45) is 4.08. The van der Waals surface area contributed by atoms with Gasteiger partial charge in [0.05, 0.1) is 12.1 Å². The molecule has 0 amide bonds. The second kappa shape index (κ2) is 6.69. The van der Waals surface area contributed by atoms with E-state index in [4.69, 9.17) is 4.99 Å². The summed E-state index contributed by atoms with van der Waals surface area (Å²) >= 11 is 0. The van der Waals surface area contributed by atoms with E-state index in [1.807, 2.05) is 0 Å². The third-order valence-electron chi connectivity index (χ3n) is 4.90. The molecule has 2 aliphatic rings. The van der Waals surface area contributed by atoms with Crippen molar-refractivity contribution in [2.75, 3.05) is 26.2 Å². The van der Waals surface area contributed by atoms with Gasteiger partial charge in [-0.2, -0.15) is 0 Å². The molecule has 1 atom stereocenters. The molecule has 1 saturated heterocycles. The van der Waals surface area contributed by atoms with Gasteiger partial charge in [0.1, 0.15) is 0 Å². The molecule has 2 N–H and O–H groups in total. The average Bonchev–Trinajstić information content (AvgIpc) is 3.00. The SMILES string of the molecule is CCNC(=NCC1(O)CCC1)N1CCC(c2ccccc2)C1. The molecule has 3 rings (SSSR count). The van der Waals surface area contributed by atoms with Crippen molar-refractivity contribution in [3.63, 3.8) is 0 Å². The number of likely N-dealkylation sites (tertiary alicyclic amines) is 1. The van der Waals surface area contributed by atoms with Crippen molar-refractivity contribution in [3.05, 3.63) is 35.9 Å². The van der Waals surface area contributed by atoms with E-state index in [0.717, 1.165) is 44.9 Å². The Morgan fingerprint density at radius 2 is 2.14 bits per heavy atom. The molecule has 2 fully saturated rings.